The highest BCUT2D eigenvalue weighted by molar-refractivity contribution is 5.81. The van der Waals surface area contributed by atoms with Crippen LogP contribution in [0.5, 0.6) is 0 Å². The maximum absolute atomic E-state index is 9.91. The maximum atomic E-state index is 9.91. The van der Waals surface area contributed by atoms with E-state index in [-0.39, 0.29) is 18.0 Å². The molecule has 3 aromatic rings. The van der Waals surface area contributed by atoms with E-state index < -0.39 is 0 Å². The topological polar surface area (TPSA) is 66.2 Å². The van der Waals surface area contributed by atoms with Gasteiger partial charge in [-0.25, -0.2) is 0 Å². The molecule has 0 aromatic heterocycles. The fraction of sp³-hybridized carbons (Fsp3) is 0.209. The van der Waals surface area contributed by atoms with Crippen molar-refractivity contribution < 1.29 is 0 Å². The van der Waals surface area contributed by atoms with Gasteiger partial charge in [-0.05, 0) is 108 Å². The van der Waals surface area contributed by atoms with E-state index in [0.717, 1.165) is 47.3 Å². The normalized spacial score (nSPS) is 26.2. The first-order valence-corrected chi connectivity index (χ1v) is 17.1. The van der Waals surface area contributed by atoms with Crippen LogP contribution in [0.2, 0.25) is 0 Å². The van der Waals surface area contributed by atoms with Crippen LogP contribution in [-0.4, -0.2) is 18.3 Å². The van der Waals surface area contributed by atoms with Gasteiger partial charge in [0.05, 0.1) is 23.7 Å². The van der Waals surface area contributed by atoms with Crippen LogP contribution in [0.15, 0.2) is 145 Å². The molecule has 6 aliphatic rings. The van der Waals surface area contributed by atoms with Gasteiger partial charge in [-0.15, -0.1) is 0 Å². The van der Waals surface area contributed by atoms with Gasteiger partial charge in [-0.3, -0.25) is 0 Å². The Morgan fingerprint density at radius 2 is 1.75 bits per heavy atom. The smallest absolute Gasteiger partial charge is 0.107 e. The number of benzene rings is 3. The van der Waals surface area contributed by atoms with Crippen molar-refractivity contribution in [3.8, 4) is 6.07 Å². The van der Waals surface area contributed by atoms with E-state index in [1.165, 1.54) is 35.3 Å². The van der Waals surface area contributed by atoms with Crippen molar-refractivity contribution >= 4 is 23.2 Å². The molecule has 3 aliphatic heterocycles. The molecule has 0 radical (unpaired) electrons. The van der Waals surface area contributed by atoms with Crippen molar-refractivity contribution in [3.63, 3.8) is 0 Å². The van der Waals surface area contributed by atoms with Crippen molar-refractivity contribution in [3.05, 3.63) is 172 Å². The summed E-state index contributed by atoms with van der Waals surface area (Å²) in [5, 5.41) is 21.8. The number of rotatable bonds is 5. The minimum atomic E-state index is -0.215. The van der Waals surface area contributed by atoms with Crippen molar-refractivity contribution in [1.29, 1.82) is 10.7 Å². The third-order valence-corrected chi connectivity index (χ3v) is 10.9. The third-order valence-electron chi connectivity index (χ3n) is 10.9. The predicted octanol–water partition coefficient (Wildman–Crippen LogP) is 8.98. The quantitative estimate of drug-likeness (QED) is 0.220. The SMILES string of the molecule is N#Cc1cc(C=N)cc(C2NC(N3c4ccccc4C4C=CC=CC43)=CC=C2c2ccc(N3C4=C(CCC=C4)C4C=CCCC43)cc2)c1. The second-order valence-corrected chi connectivity index (χ2v) is 13.5. The number of hydrogen-bond acceptors (Lipinski definition) is 5. The van der Waals surface area contributed by atoms with Gasteiger partial charge < -0.3 is 20.5 Å². The van der Waals surface area contributed by atoms with Gasteiger partial charge in [-0.1, -0.05) is 78.9 Å². The molecule has 48 heavy (non-hydrogen) atoms. The molecule has 0 saturated carbocycles. The first-order chi connectivity index (χ1) is 23.7. The standard InChI is InChI=1S/C43H37N5/c44-26-28-23-29(27-45)25-31(24-28)43-33(21-22-42(46-43)48-40-15-7-3-11-36(40)37-12-4-8-16-41(37)48)30-17-19-32(20-18-30)47-38-13-5-1-9-34(38)35-10-2-6-14-39(35)47/h1,3-4,6-9,11-12,14-26,34,36,38,40,43-44,46H,2,5,10,13H2. The molecule has 2 N–H and O–H groups in total. The lowest BCUT2D eigenvalue weighted by Crippen LogP contribution is -2.40. The Morgan fingerprint density at radius 1 is 0.875 bits per heavy atom. The van der Waals surface area contributed by atoms with Gasteiger partial charge in [0.15, 0.2) is 0 Å². The predicted molar refractivity (Wildman–Crippen MR) is 195 cm³/mol. The number of nitriles is 1. The van der Waals surface area contributed by atoms with Crippen molar-refractivity contribution in [2.24, 2.45) is 5.92 Å². The van der Waals surface area contributed by atoms with E-state index >= 15 is 0 Å². The van der Waals surface area contributed by atoms with E-state index in [2.05, 4.69) is 130 Å². The second-order valence-electron chi connectivity index (χ2n) is 13.5. The van der Waals surface area contributed by atoms with Crippen LogP contribution in [0.1, 0.15) is 65.5 Å². The van der Waals surface area contributed by atoms with Gasteiger partial charge in [0, 0.05) is 41.2 Å². The Labute approximate surface area is 282 Å². The summed E-state index contributed by atoms with van der Waals surface area (Å²) in [6, 6.07) is 26.3. The number of allylic oxidation sites excluding steroid dienone is 7. The summed E-state index contributed by atoms with van der Waals surface area (Å²) in [6.07, 6.45) is 28.7. The van der Waals surface area contributed by atoms with Crippen molar-refractivity contribution in [2.45, 2.75) is 49.7 Å². The number of anilines is 2. The van der Waals surface area contributed by atoms with Crippen LogP contribution in [-0.2, 0) is 0 Å². The summed E-state index contributed by atoms with van der Waals surface area (Å²) < 4.78 is 0. The molecule has 0 amide bonds. The second kappa shape index (κ2) is 11.6. The Kier molecular flexibility index (Phi) is 6.90. The van der Waals surface area contributed by atoms with E-state index in [0.29, 0.717) is 17.5 Å². The minimum Gasteiger partial charge on any atom is -0.360 e. The summed E-state index contributed by atoms with van der Waals surface area (Å²) in [5.74, 6) is 1.82. The molecular weight excluding hydrogens is 587 g/mol. The molecule has 0 fully saturated rings. The van der Waals surface area contributed by atoms with Crippen molar-refractivity contribution in [2.75, 3.05) is 9.80 Å². The maximum Gasteiger partial charge on any atom is 0.107 e. The summed E-state index contributed by atoms with van der Waals surface area (Å²) in [5.41, 5.74) is 11.3. The fourth-order valence-electron chi connectivity index (χ4n) is 8.80. The third kappa shape index (κ3) is 4.55. The molecule has 5 atom stereocenters. The highest BCUT2D eigenvalue weighted by Crippen LogP contribution is 2.48. The summed E-state index contributed by atoms with van der Waals surface area (Å²) in [7, 11) is 0. The molecule has 5 unspecified atom stereocenters. The molecule has 9 rings (SSSR count). The van der Waals surface area contributed by atoms with Crippen LogP contribution < -0.4 is 15.1 Å². The van der Waals surface area contributed by atoms with E-state index in [1.54, 1.807) is 11.6 Å². The molecule has 5 heteroatoms. The first kappa shape index (κ1) is 28.6. The lowest BCUT2D eigenvalue weighted by Gasteiger charge is -2.37. The monoisotopic (exact) mass is 623 g/mol. The van der Waals surface area contributed by atoms with E-state index in [4.69, 9.17) is 5.41 Å². The van der Waals surface area contributed by atoms with Crippen LogP contribution in [0.3, 0.4) is 0 Å². The minimum absolute atomic E-state index is 0.176. The highest BCUT2D eigenvalue weighted by Gasteiger charge is 2.41. The number of nitrogens with one attached hydrogen (secondary N) is 2. The number of fused-ring (bicyclic) bond motifs is 5. The van der Waals surface area contributed by atoms with Crippen LogP contribution >= 0.6 is 0 Å². The lowest BCUT2D eigenvalue weighted by atomic mass is 9.84. The molecular formula is C43H37N5. The Balaban J connectivity index is 1.12. The average Bonchev–Trinajstić information content (AvgIpc) is 3.68. The van der Waals surface area contributed by atoms with Gasteiger partial charge in [0.2, 0.25) is 0 Å². The zero-order chi connectivity index (χ0) is 32.2. The van der Waals surface area contributed by atoms with Crippen molar-refractivity contribution in [1.82, 2.24) is 5.32 Å². The number of dihydropyridines is 1. The molecule has 5 nitrogen and oxygen atoms in total. The molecule has 3 heterocycles. The molecule has 234 valence electrons. The van der Waals surface area contributed by atoms with Gasteiger partial charge in [0.25, 0.3) is 0 Å². The van der Waals surface area contributed by atoms with Gasteiger partial charge in [-0.2, -0.15) is 5.26 Å². The Hall–Kier alpha value is -5.60. The Morgan fingerprint density at radius 3 is 2.62 bits per heavy atom. The van der Waals surface area contributed by atoms with Crippen LogP contribution in [0, 0.1) is 22.7 Å². The van der Waals surface area contributed by atoms with E-state index in [1.807, 2.05) is 12.1 Å². The lowest BCUT2D eigenvalue weighted by molar-refractivity contribution is 0.516. The molecule has 0 bridgehead atoms. The zero-order valence-electron chi connectivity index (χ0n) is 26.8. The highest BCUT2D eigenvalue weighted by atomic mass is 15.3. The zero-order valence-corrected chi connectivity index (χ0v) is 26.8. The number of nitrogens with zero attached hydrogens (tertiary/aromatic N) is 3. The van der Waals surface area contributed by atoms with Crippen LogP contribution in [0.4, 0.5) is 11.4 Å². The molecule has 0 spiro atoms. The number of para-hydroxylation sites is 1. The summed E-state index contributed by atoms with van der Waals surface area (Å²) >= 11 is 0. The largest absolute Gasteiger partial charge is 0.360 e. The molecule has 3 aliphatic carbocycles. The summed E-state index contributed by atoms with van der Waals surface area (Å²) in [4.78, 5) is 5.01. The first-order valence-electron chi connectivity index (χ1n) is 17.1. The summed E-state index contributed by atoms with van der Waals surface area (Å²) in [6.45, 7) is 0. The van der Waals surface area contributed by atoms with Crippen LogP contribution in [0.25, 0.3) is 5.57 Å². The number of hydrogen-bond donors (Lipinski definition) is 2. The molecule has 3 aromatic carbocycles. The van der Waals surface area contributed by atoms with Gasteiger partial charge >= 0.3 is 0 Å². The fourth-order valence-corrected chi connectivity index (χ4v) is 8.80. The average molecular weight is 624 g/mol. The van der Waals surface area contributed by atoms with E-state index in [9.17, 15) is 5.26 Å². The molecule has 0 saturated heterocycles. The van der Waals surface area contributed by atoms with Gasteiger partial charge in [0.1, 0.15) is 5.82 Å². The Bertz CT molecular complexity index is 2080.